The van der Waals surface area contributed by atoms with E-state index in [4.69, 9.17) is 11.6 Å². The average Bonchev–Trinajstić information content (AvgIpc) is 2.92. The number of amides is 1. The molecule has 120 valence electrons. The van der Waals surface area contributed by atoms with Crippen molar-refractivity contribution < 1.29 is 13.2 Å². The van der Waals surface area contributed by atoms with Gasteiger partial charge in [0, 0.05) is 19.2 Å². The van der Waals surface area contributed by atoms with Crippen molar-refractivity contribution in [3.8, 4) is 0 Å². The normalized spacial score (nSPS) is 13.7. The number of rotatable bonds is 3. The molecule has 0 atom stereocenters. The molecule has 5 nitrogen and oxygen atoms in total. The van der Waals surface area contributed by atoms with E-state index in [9.17, 15) is 13.2 Å². The van der Waals surface area contributed by atoms with Gasteiger partial charge in [0.05, 0.1) is 15.6 Å². The van der Waals surface area contributed by atoms with Crippen molar-refractivity contribution in [3.63, 3.8) is 0 Å². The largest absolute Gasteiger partial charge is 0.312 e. The van der Waals surface area contributed by atoms with Crippen molar-refractivity contribution in [1.29, 1.82) is 0 Å². The second-order valence-corrected chi connectivity index (χ2v) is 7.39. The average molecular weight is 351 g/mol. The minimum absolute atomic E-state index is 0.0476. The number of benzene rings is 2. The molecule has 0 unspecified atom stereocenters. The molecule has 0 saturated carbocycles. The number of hydrogen-bond acceptors (Lipinski definition) is 3. The first-order chi connectivity index (χ1) is 10.9. The predicted molar refractivity (Wildman–Crippen MR) is 90.4 cm³/mol. The molecule has 1 N–H and O–H groups in total. The van der Waals surface area contributed by atoms with Gasteiger partial charge in [-0.05, 0) is 42.3 Å². The Morgan fingerprint density at radius 2 is 1.96 bits per heavy atom. The zero-order chi connectivity index (χ0) is 16.6. The molecule has 0 fully saturated rings. The van der Waals surface area contributed by atoms with Crippen LogP contribution in [0.1, 0.15) is 12.5 Å². The van der Waals surface area contributed by atoms with Crippen LogP contribution in [0.4, 0.5) is 11.4 Å². The number of carbonyl (C=O) groups excluding carboxylic acids is 1. The number of carbonyl (C=O) groups is 1. The van der Waals surface area contributed by atoms with Gasteiger partial charge in [0.2, 0.25) is 5.91 Å². The van der Waals surface area contributed by atoms with E-state index in [0.717, 1.165) is 11.3 Å². The third kappa shape index (κ3) is 3.04. The van der Waals surface area contributed by atoms with Gasteiger partial charge in [0.15, 0.2) is 0 Å². The molecule has 0 saturated heterocycles. The zero-order valence-electron chi connectivity index (χ0n) is 12.4. The maximum atomic E-state index is 12.5. The van der Waals surface area contributed by atoms with Crippen LogP contribution in [-0.4, -0.2) is 20.9 Å². The van der Waals surface area contributed by atoms with Crippen LogP contribution in [0.25, 0.3) is 0 Å². The molecule has 2 aromatic carbocycles. The lowest BCUT2D eigenvalue weighted by molar-refractivity contribution is -0.116. The fourth-order valence-electron chi connectivity index (χ4n) is 2.62. The minimum atomic E-state index is -3.73. The standard InChI is InChI=1S/C16H15ClN2O3S/c1-11(20)19-9-8-12-10-13(6-7-16(12)19)23(21,22)18-15-5-3-2-4-14(15)17/h2-7,10,18H,8-9H2,1H3. The number of anilines is 2. The molecule has 0 aliphatic carbocycles. The highest BCUT2D eigenvalue weighted by atomic mass is 35.5. The summed E-state index contributed by atoms with van der Waals surface area (Å²) in [4.78, 5) is 13.4. The SMILES string of the molecule is CC(=O)N1CCc2cc(S(=O)(=O)Nc3ccccc3Cl)ccc21. The molecule has 1 amide bonds. The summed E-state index contributed by atoms with van der Waals surface area (Å²) in [6, 6.07) is 11.4. The first-order valence-corrected chi connectivity index (χ1v) is 8.93. The molecular weight excluding hydrogens is 336 g/mol. The number of sulfonamides is 1. The molecule has 0 aromatic heterocycles. The maximum Gasteiger partial charge on any atom is 0.261 e. The summed E-state index contributed by atoms with van der Waals surface area (Å²) in [7, 11) is -3.73. The topological polar surface area (TPSA) is 66.5 Å². The second-order valence-electron chi connectivity index (χ2n) is 5.30. The van der Waals surface area contributed by atoms with E-state index in [1.807, 2.05) is 0 Å². The third-order valence-electron chi connectivity index (χ3n) is 3.76. The van der Waals surface area contributed by atoms with Crippen LogP contribution in [0.15, 0.2) is 47.4 Å². The molecule has 23 heavy (non-hydrogen) atoms. The number of nitrogens with one attached hydrogen (secondary N) is 1. The number of hydrogen-bond donors (Lipinski definition) is 1. The molecule has 0 radical (unpaired) electrons. The van der Waals surface area contributed by atoms with Crippen LogP contribution in [0.5, 0.6) is 0 Å². The molecule has 0 bridgehead atoms. The smallest absolute Gasteiger partial charge is 0.261 e. The van der Waals surface area contributed by atoms with Gasteiger partial charge < -0.3 is 4.90 Å². The molecule has 1 aliphatic rings. The first kappa shape index (κ1) is 15.8. The highest BCUT2D eigenvalue weighted by Gasteiger charge is 2.25. The molecule has 1 heterocycles. The number of fused-ring (bicyclic) bond motifs is 1. The summed E-state index contributed by atoms with van der Waals surface area (Å²) in [5, 5.41) is 0.333. The predicted octanol–water partition coefficient (Wildman–Crippen LogP) is 3.05. The first-order valence-electron chi connectivity index (χ1n) is 7.07. The third-order valence-corrected chi connectivity index (χ3v) is 5.45. The lowest BCUT2D eigenvalue weighted by Gasteiger charge is -2.15. The number of nitrogens with zero attached hydrogens (tertiary/aromatic N) is 1. The van der Waals surface area contributed by atoms with E-state index < -0.39 is 10.0 Å². The Labute approximate surface area is 139 Å². The van der Waals surface area contributed by atoms with Gasteiger partial charge in [-0.15, -0.1) is 0 Å². The van der Waals surface area contributed by atoms with Crippen LogP contribution in [0.3, 0.4) is 0 Å². The molecule has 7 heteroatoms. The van der Waals surface area contributed by atoms with Crippen molar-refractivity contribution in [2.24, 2.45) is 0 Å². The van der Waals surface area contributed by atoms with E-state index in [1.165, 1.54) is 13.0 Å². The Morgan fingerprint density at radius 1 is 1.22 bits per heavy atom. The van der Waals surface area contributed by atoms with Crippen molar-refractivity contribution in [2.45, 2.75) is 18.2 Å². The van der Waals surface area contributed by atoms with Crippen LogP contribution < -0.4 is 9.62 Å². The molecule has 0 spiro atoms. The highest BCUT2D eigenvalue weighted by Crippen LogP contribution is 2.31. The summed E-state index contributed by atoms with van der Waals surface area (Å²) in [6.45, 7) is 2.07. The Hall–Kier alpha value is -2.05. The van der Waals surface area contributed by atoms with Crippen molar-refractivity contribution in [3.05, 3.63) is 53.1 Å². The fourth-order valence-corrected chi connectivity index (χ4v) is 3.99. The Kier molecular flexibility index (Phi) is 4.04. The van der Waals surface area contributed by atoms with E-state index in [-0.39, 0.29) is 10.8 Å². The van der Waals surface area contributed by atoms with Crippen molar-refractivity contribution in [1.82, 2.24) is 0 Å². The van der Waals surface area contributed by atoms with E-state index in [0.29, 0.717) is 23.7 Å². The Bertz CT molecular complexity index is 881. The van der Waals surface area contributed by atoms with Gasteiger partial charge in [-0.2, -0.15) is 0 Å². The van der Waals surface area contributed by atoms with Gasteiger partial charge in [-0.25, -0.2) is 8.42 Å². The summed E-state index contributed by atoms with van der Waals surface area (Å²) < 4.78 is 27.5. The van der Waals surface area contributed by atoms with Gasteiger partial charge in [0.25, 0.3) is 10.0 Å². The van der Waals surface area contributed by atoms with E-state index >= 15 is 0 Å². The molecular formula is C16H15ClN2O3S. The van der Waals surface area contributed by atoms with Crippen LogP contribution >= 0.6 is 11.6 Å². The van der Waals surface area contributed by atoms with Crippen LogP contribution in [-0.2, 0) is 21.2 Å². The lowest BCUT2D eigenvalue weighted by atomic mass is 10.2. The lowest BCUT2D eigenvalue weighted by Crippen LogP contribution is -2.25. The van der Waals surface area contributed by atoms with E-state index in [1.54, 1.807) is 41.3 Å². The number of halogens is 1. The minimum Gasteiger partial charge on any atom is -0.312 e. The molecule has 3 rings (SSSR count). The summed E-state index contributed by atoms with van der Waals surface area (Å²) >= 11 is 5.99. The molecule has 1 aliphatic heterocycles. The zero-order valence-corrected chi connectivity index (χ0v) is 14.0. The fraction of sp³-hybridized carbons (Fsp3) is 0.188. The molecule has 2 aromatic rings. The Balaban J connectivity index is 1.93. The second kappa shape index (κ2) is 5.86. The quantitative estimate of drug-likeness (QED) is 0.925. The Morgan fingerprint density at radius 3 is 2.65 bits per heavy atom. The summed E-state index contributed by atoms with van der Waals surface area (Å²) in [5.74, 6) is -0.0476. The van der Waals surface area contributed by atoms with Gasteiger partial charge in [0.1, 0.15) is 0 Å². The van der Waals surface area contributed by atoms with Crippen LogP contribution in [0, 0.1) is 0 Å². The maximum absolute atomic E-state index is 12.5. The van der Waals surface area contributed by atoms with Gasteiger partial charge in [-0.3, -0.25) is 9.52 Å². The van der Waals surface area contributed by atoms with Crippen molar-refractivity contribution >= 4 is 38.9 Å². The summed E-state index contributed by atoms with van der Waals surface area (Å²) in [6.07, 6.45) is 0.643. The van der Waals surface area contributed by atoms with Gasteiger partial charge in [-0.1, -0.05) is 23.7 Å². The highest BCUT2D eigenvalue weighted by molar-refractivity contribution is 7.92. The van der Waals surface area contributed by atoms with Crippen molar-refractivity contribution in [2.75, 3.05) is 16.2 Å². The van der Waals surface area contributed by atoms with Gasteiger partial charge >= 0.3 is 0 Å². The monoisotopic (exact) mass is 350 g/mol. The number of para-hydroxylation sites is 1. The van der Waals surface area contributed by atoms with Crippen LogP contribution in [0.2, 0.25) is 5.02 Å². The summed E-state index contributed by atoms with van der Waals surface area (Å²) in [5.41, 5.74) is 1.96. The van der Waals surface area contributed by atoms with E-state index in [2.05, 4.69) is 4.72 Å².